The lowest BCUT2D eigenvalue weighted by atomic mass is 10.1. The highest BCUT2D eigenvalue weighted by Gasteiger charge is 2.54. The SMILES string of the molecule is CC(=O)OC1C(OC(C)=O)[C@@H](CO[Si](c2ccccc2)(c2ccccc2)C(C)(C)C)O[C@@H]1OC(C)=O. The van der Waals surface area contributed by atoms with Crippen LogP contribution in [0.4, 0.5) is 0 Å². The topological polar surface area (TPSA) is 97.4 Å². The zero-order valence-corrected chi connectivity index (χ0v) is 22.6. The van der Waals surface area contributed by atoms with E-state index in [0.29, 0.717) is 0 Å². The maximum Gasteiger partial charge on any atom is 0.305 e. The van der Waals surface area contributed by atoms with Crippen LogP contribution < -0.4 is 10.4 Å². The summed E-state index contributed by atoms with van der Waals surface area (Å²) in [5, 5.41) is 1.84. The van der Waals surface area contributed by atoms with Crippen LogP contribution in [0.3, 0.4) is 0 Å². The van der Waals surface area contributed by atoms with Gasteiger partial charge in [0, 0.05) is 20.8 Å². The second kappa shape index (κ2) is 11.4. The van der Waals surface area contributed by atoms with E-state index in [9.17, 15) is 14.4 Å². The van der Waals surface area contributed by atoms with E-state index in [4.69, 9.17) is 23.4 Å². The van der Waals surface area contributed by atoms with Crippen LogP contribution in [0.15, 0.2) is 60.7 Å². The van der Waals surface area contributed by atoms with Crippen molar-refractivity contribution in [1.29, 1.82) is 0 Å². The van der Waals surface area contributed by atoms with E-state index in [-0.39, 0.29) is 11.6 Å². The molecule has 1 aliphatic heterocycles. The quantitative estimate of drug-likeness (QED) is 0.301. The van der Waals surface area contributed by atoms with Gasteiger partial charge < -0.3 is 23.4 Å². The maximum absolute atomic E-state index is 12.0. The van der Waals surface area contributed by atoms with Gasteiger partial charge in [0.15, 0.2) is 6.10 Å². The van der Waals surface area contributed by atoms with Gasteiger partial charge in [0.1, 0.15) is 6.10 Å². The molecule has 0 amide bonds. The normalized spacial score (nSPS) is 22.1. The Balaban J connectivity index is 2.03. The van der Waals surface area contributed by atoms with Gasteiger partial charge in [-0.3, -0.25) is 14.4 Å². The zero-order valence-electron chi connectivity index (χ0n) is 21.6. The van der Waals surface area contributed by atoms with Crippen LogP contribution in [0.2, 0.25) is 5.04 Å². The number of ether oxygens (including phenoxy) is 4. The van der Waals surface area contributed by atoms with E-state index in [1.54, 1.807) is 0 Å². The number of carbonyl (C=O) groups excluding carboxylic acids is 3. The molecule has 3 rings (SSSR count). The molecule has 0 radical (unpaired) electrons. The molecule has 1 aliphatic rings. The molecular formula is C27H34O8Si. The van der Waals surface area contributed by atoms with Crippen molar-refractivity contribution in [3.8, 4) is 0 Å². The summed E-state index contributed by atoms with van der Waals surface area (Å²) in [4.78, 5) is 35.5. The summed E-state index contributed by atoms with van der Waals surface area (Å²) in [5.74, 6) is -1.82. The smallest absolute Gasteiger partial charge is 0.305 e. The lowest BCUT2D eigenvalue weighted by Crippen LogP contribution is -2.67. The van der Waals surface area contributed by atoms with Crippen LogP contribution in [0.1, 0.15) is 41.5 Å². The predicted molar refractivity (Wildman–Crippen MR) is 135 cm³/mol. The molecule has 0 saturated carbocycles. The van der Waals surface area contributed by atoms with Crippen LogP contribution in [0.5, 0.6) is 0 Å². The van der Waals surface area contributed by atoms with Crippen molar-refractivity contribution >= 4 is 36.6 Å². The average Bonchev–Trinajstić information content (AvgIpc) is 3.09. The van der Waals surface area contributed by atoms with Crippen molar-refractivity contribution < 1.29 is 37.8 Å². The first-order valence-electron chi connectivity index (χ1n) is 11.9. The second-order valence-electron chi connectivity index (χ2n) is 9.77. The highest BCUT2D eigenvalue weighted by Crippen LogP contribution is 2.38. The summed E-state index contributed by atoms with van der Waals surface area (Å²) >= 11 is 0. The maximum atomic E-state index is 12.0. The van der Waals surface area contributed by atoms with Crippen LogP contribution >= 0.6 is 0 Å². The van der Waals surface area contributed by atoms with Gasteiger partial charge in [0.05, 0.1) is 6.61 Å². The van der Waals surface area contributed by atoms with Gasteiger partial charge in [-0.15, -0.1) is 0 Å². The Labute approximate surface area is 213 Å². The summed E-state index contributed by atoms with van der Waals surface area (Å²) in [7, 11) is -2.93. The Morgan fingerprint density at radius 3 is 1.61 bits per heavy atom. The minimum Gasteiger partial charge on any atom is -0.455 e. The molecule has 36 heavy (non-hydrogen) atoms. The van der Waals surface area contributed by atoms with Gasteiger partial charge in [-0.05, 0) is 15.4 Å². The Hall–Kier alpha value is -3.01. The lowest BCUT2D eigenvalue weighted by Gasteiger charge is -2.43. The Kier molecular flexibility index (Phi) is 8.70. The average molecular weight is 515 g/mol. The van der Waals surface area contributed by atoms with Crippen molar-refractivity contribution in [1.82, 2.24) is 0 Å². The van der Waals surface area contributed by atoms with Gasteiger partial charge in [0.2, 0.25) is 12.4 Å². The summed E-state index contributed by atoms with van der Waals surface area (Å²) < 4.78 is 29.0. The van der Waals surface area contributed by atoms with Crippen LogP contribution in [0, 0.1) is 0 Å². The fraction of sp³-hybridized carbons (Fsp3) is 0.444. The van der Waals surface area contributed by atoms with E-state index in [1.165, 1.54) is 20.8 Å². The van der Waals surface area contributed by atoms with Gasteiger partial charge in [-0.1, -0.05) is 81.4 Å². The predicted octanol–water partition coefficient (Wildman–Crippen LogP) is 2.71. The van der Waals surface area contributed by atoms with E-state index >= 15 is 0 Å². The van der Waals surface area contributed by atoms with E-state index in [1.807, 2.05) is 36.4 Å². The fourth-order valence-electron chi connectivity index (χ4n) is 4.70. The molecule has 9 heteroatoms. The first kappa shape index (κ1) is 27.6. The number of rotatable bonds is 8. The molecule has 0 N–H and O–H groups in total. The van der Waals surface area contributed by atoms with Gasteiger partial charge in [0.25, 0.3) is 8.32 Å². The molecule has 0 spiro atoms. The molecule has 4 atom stereocenters. The largest absolute Gasteiger partial charge is 0.455 e. The van der Waals surface area contributed by atoms with Crippen LogP contribution in [0.25, 0.3) is 0 Å². The first-order chi connectivity index (χ1) is 17.0. The van der Waals surface area contributed by atoms with Gasteiger partial charge in [-0.2, -0.15) is 0 Å². The Bertz CT molecular complexity index is 1010. The molecule has 8 nitrogen and oxygen atoms in total. The van der Waals surface area contributed by atoms with E-state index in [0.717, 1.165) is 10.4 Å². The van der Waals surface area contributed by atoms with E-state index < -0.39 is 50.8 Å². The number of hydrogen-bond acceptors (Lipinski definition) is 8. The third-order valence-electron chi connectivity index (χ3n) is 6.03. The summed E-state index contributed by atoms with van der Waals surface area (Å²) in [5.41, 5.74) is 0. The molecule has 2 unspecified atom stereocenters. The molecule has 0 aliphatic carbocycles. The monoisotopic (exact) mass is 514 g/mol. The summed E-state index contributed by atoms with van der Waals surface area (Å²) in [6, 6.07) is 20.1. The molecule has 194 valence electrons. The minimum atomic E-state index is -2.93. The zero-order chi connectivity index (χ0) is 26.5. The van der Waals surface area contributed by atoms with Crippen molar-refractivity contribution in [2.45, 2.75) is 71.2 Å². The molecule has 2 aromatic rings. The molecule has 0 aromatic heterocycles. The number of hydrogen-bond donors (Lipinski definition) is 0. The Morgan fingerprint density at radius 2 is 1.19 bits per heavy atom. The Morgan fingerprint density at radius 1 is 0.750 bits per heavy atom. The van der Waals surface area contributed by atoms with Crippen molar-refractivity contribution in [3.05, 3.63) is 60.7 Å². The number of esters is 3. The number of benzene rings is 2. The highest BCUT2D eigenvalue weighted by atomic mass is 28.4. The minimum absolute atomic E-state index is 0.0146. The third-order valence-corrected chi connectivity index (χ3v) is 11.0. The van der Waals surface area contributed by atoms with Crippen molar-refractivity contribution in [2.75, 3.05) is 6.61 Å². The van der Waals surface area contributed by atoms with Gasteiger partial charge >= 0.3 is 17.9 Å². The molecule has 1 saturated heterocycles. The van der Waals surface area contributed by atoms with Crippen LogP contribution in [-0.4, -0.2) is 57.4 Å². The summed E-state index contributed by atoms with van der Waals surface area (Å²) in [6.07, 6.45) is -4.22. The van der Waals surface area contributed by atoms with Crippen molar-refractivity contribution in [3.63, 3.8) is 0 Å². The fourth-order valence-corrected chi connectivity index (χ4v) is 9.27. The molecular weight excluding hydrogens is 480 g/mol. The van der Waals surface area contributed by atoms with Crippen LogP contribution in [-0.2, 0) is 37.8 Å². The molecule has 1 heterocycles. The van der Waals surface area contributed by atoms with Gasteiger partial charge in [-0.25, -0.2) is 0 Å². The molecule has 0 bridgehead atoms. The standard InChI is InChI=1S/C27H34O8Si/c1-18(28)32-24-23(35-26(34-20(3)30)25(24)33-19(2)29)17-31-36(27(4,5)6,21-13-9-7-10-14-21)22-15-11-8-12-16-22/h7-16,23-26H,17H2,1-6H3/t23-,24?,25?,26+/m1/s1. The van der Waals surface area contributed by atoms with Crippen molar-refractivity contribution in [2.24, 2.45) is 0 Å². The first-order valence-corrected chi connectivity index (χ1v) is 13.8. The second-order valence-corrected chi connectivity index (χ2v) is 14.1. The number of carbonyl (C=O) groups is 3. The molecule has 2 aromatic carbocycles. The lowest BCUT2D eigenvalue weighted by molar-refractivity contribution is -0.196. The van der Waals surface area contributed by atoms with E-state index in [2.05, 4.69) is 45.0 Å². The molecule has 1 fully saturated rings. The summed E-state index contributed by atoms with van der Waals surface area (Å²) in [6.45, 7) is 10.1. The third kappa shape index (κ3) is 6.03. The highest BCUT2D eigenvalue weighted by molar-refractivity contribution is 6.99.